The highest BCUT2D eigenvalue weighted by Crippen LogP contribution is 2.35. The summed E-state index contributed by atoms with van der Waals surface area (Å²) in [6.07, 6.45) is 3.86. The number of carbonyl (C=O) groups excluding carboxylic acids is 2. The quantitative estimate of drug-likeness (QED) is 0.281. The Morgan fingerprint density at radius 2 is 1.64 bits per heavy atom. The molecule has 4 rings (SSSR count). The van der Waals surface area contributed by atoms with Crippen molar-refractivity contribution in [3.05, 3.63) is 87.9 Å². The van der Waals surface area contributed by atoms with Crippen molar-refractivity contribution in [1.82, 2.24) is 10.2 Å². The van der Waals surface area contributed by atoms with E-state index in [2.05, 4.69) is 5.32 Å². The first-order chi connectivity index (χ1) is 20.0. The van der Waals surface area contributed by atoms with E-state index in [1.807, 2.05) is 6.92 Å². The Morgan fingerprint density at radius 3 is 2.26 bits per heavy atom. The number of carbonyl (C=O) groups is 2. The van der Waals surface area contributed by atoms with Crippen molar-refractivity contribution in [2.75, 3.05) is 18.0 Å². The minimum atomic E-state index is -4.26. The molecule has 224 valence electrons. The second-order valence-corrected chi connectivity index (χ2v) is 13.1. The molecule has 0 saturated heterocycles. The Bertz CT molecular complexity index is 1510. The summed E-state index contributed by atoms with van der Waals surface area (Å²) in [6.45, 7) is 2.97. The van der Waals surface area contributed by atoms with Crippen LogP contribution in [0.2, 0.25) is 10.0 Å². The number of nitrogens with zero attached hydrogens (tertiary/aromatic N) is 2. The number of nitrogens with one attached hydrogen (secondary N) is 1. The van der Waals surface area contributed by atoms with Crippen LogP contribution in [0.5, 0.6) is 5.75 Å². The molecular formula is C31H35Cl2N3O5S. The van der Waals surface area contributed by atoms with Crippen LogP contribution in [0.25, 0.3) is 0 Å². The van der Waals surface area contributed by atoms with Crippen LogP contribution in [-0.4, -0.2) is 50.9 Å². The molecule has 0 spiro atoms. The largest absolute Gasteiger partial charge is 0.497 e. The van der Waals surface area contributed by atoms with Crippen molar-refractivity contribution in [3.8, 4) is 5.75 Å². The van der Waals surface area contributed by atoms with Crippen LogP contribution in [0.15, 0.2) is 71.6 Å². The Morgan fingerprint density at radius 1 is 1.00 bits per heavy atom. The lowest BCUT2D eigenvalue weighted by Gasteiger charge is -2.32. The first-order valence-electron chi connectivity index (χ1n) is 13.8. The lowest BCUT2D eigenvalue weighted by Crippen LogP contribution is -2.52. The van der Waals surface area contributed by atoms with E-state index in [1.54, 1.807) is 56.5 Å². The van der Waals surface area contributed by atoms with E-state index in [1.165, 1.54) is 29.2 Å². The van der Waals surface area contributed by atoms with Gasteiger partial charge in [-0.05, 0) is 68.7 Å². The molecule has 8 nitrogen and oxygen atoms in total. The normalized spacial score (nSPS) is 14.3. The molecule has 1 fully saturated rings. The Kier molecular flexibility index (Phi) is 10.4. The van der Waals surface area contributed by atoms with Gasteiger partial charge >= 0.3 is 0 Å². The summed E-state index contributed by atoms with van der Waals surface area (Å²) in [4.78, 5) is 28.8. The van der Waals surface area contributed by atoms with Crippen LogP contribution in [0.3, 0.4) is 0 Å². The fourth-order valence-electron chi connectivity index (χ4n) is 4.94. The van der Waals surface area contributed by atoms with Crippen molar-refractivity contribution >= 4 is 50.7 Å². The predicted molar refractivity (Wildman–Crippen MR) is 166 cm³/mol. The van der Waals surface area contributed by atoms with Gasteiger partial charge in [0.1, 0.15) is 18.3 Å². The molecule has 0 radical (unpaired) electrons. The first-order valence-corrected chi connectivity index (χ1v) is 16.0. The molecule has 42 heavy (non-hydrogen) atoms. The number of hydrogen-bond acceptors (Lipinski definition) is 5. The molecule has 1 aliphatic carbocycles. The van der Waals surface area contributed by atoms with Gasteiger partial charge in [-0.2, -0.15) is 0 Å². The molecule has 3 aromatic rings. The SMILES string of the molecule is COc1ccc(CN(C(=O)CN(c2cccc(Cl)c2Cl)S(=O)(=O)c2ccc(C)cc2)[C@H](C)C(=O)NC2CCCC2)cc1. The second kappa shape index (κ2) is 13.8. The zero-order valence-corrected chi connectivity index (χ0v) is 26.2. The van der Waals surface area contributed by atoms with E-state index in [0.717, 1.165) is 41.1 Å². The summed E-state index contributed by atoms with van der Waals surface area (Å²) in [5, 5.41) is 3.20. The second-order valence-electron chi connectivity index (χ2n) is 10.4. The van der Waals surface area contributed by atoms with Gasteiger partial charge in [0.15, 0.2) is 0 Å². The summed E-state index contributed by atoms with van der Waals surface area (Å²) in [7, 11) is -2.70. The van der Waals surface area contributed by atoms with Crippen molar-refractivity contribution < 1.29 is 22.7 Å². The third-order valence-corrected chi connectivity index (χ3v) is 10.1. The Hall–Kier alpha value is -3.27. The molecule has 11 heteroatoms. The van der Waals surface area contributed by atoms with Crippen molar-refractivity contribution in [2.24, 2.45) is 0 Å². The number of methoxy groups -OCH3 is 1. The zero-order chi connectivity index (χ0) is 30.4. The van der Waals surface area contributed by atoms with Crippen LogP contribution in [0.1, 0.15) is 43.7 Å². The number of halogens is 2. The molecule has 0 bridgehead atoms. The van der Waals surface area contributed by atoms with Gasteiger partial charge in [0.25, 0.3) is 10.0 Å². The van der Waals surface area contributed by atoms with E-state index in [9.17, 15) is 18.0 Å². The van der Waals surface area contributed by atoms with Crippen LogP contribution in [0, 0.1) is 6.92 Å². The van der Waals surface area contributed by atoms with Gasteiger partial charge in [0.05, 0.1) is 27.7 Å². The number of ether oxygens (including phenoxy) is 1. The van der Waals surface area contributed by atoms with Gasteiger partial charge in [-0.25, -0.2) is 8.42 Å². The van der Waals surface area contributed by atoms with Crippen molar-refractivity contribution in [1.29, 1.82) is 0 Å². The fraction of sp³-hybridized carbons (Fsp3) is 0.355. The smallest absolute Gasteiger partial charge is 0.264 e. The summed E-state index contributed by atoms with van der Waals surface area (Å²) >= 11 is 12.8. The highest BCUT2D eigenvalue weighted by atomic mass is 35.5. The van der Waals surface area contributed by atoms with Gasteiger partial charge in [-0.3, -0.25) is 13.9 Å². The number of benzene rings is 3. The number of rotatable bonds is 11. The average Bonchev–Trinajstić information content (AvgIpc) is 3.49. The first kappa shape index (κ1) is 31.7. The van der Waals surface area contributed by atoms with Gasteiger partial charge in [0.2, 0.25) is 11.8 Å². The molecule has 0 unspecified atom stereocenters. The Labute approximate surface area is 257 Å². The van der Waals surface area contributed by atoms with Gasteiger partial charge in [-0.1, -0.05) is 71.9 Å². The van der Waals surface area contributed by atoms with Crippen LogP contribution in [0.4, 0.5) is 5.69 Å². The summed E-state index contributed by atoms with van der Waals surface area (Å²) in [5.41, 5.74) is 1.69. The third kappa shape index (κ3) is 7.38. The third-order valence-electron chi connectivity index (χ3n) is 7.47. The number of hydrogen-bond donors (Lipinski definition) is 1. The molecule has 3 aromatic carbocycles. The minimum absolute atomic E-state index is 0.00335. The number of anilines is 1. The number of sulfonamides is 1. The van der Waals surface area contributed by atoms with E-state index in [-0.39, 0.29) is 39.1 Å². The lowest BCUT2D eigenvalue weighted by molar-refractivity contribution is -0.139. The maximum Gasteiger partial charge on any atom is 0.264 e. The molecule has 1 atom stereocenters. The lowest BCUT2D eigenvalue weighted by atomic mass is 10.1. The maximum atomic E-state index is 14.1. The van der Waals surface area contributed by atoms with E-state index in [0.29, 0.717) is 5.75 Å². The van der Waals surface area contributed by atoms with Gasteiger partial charge in [-0.15, -0.1) is 0 Å². The van der Waals surface area contributed by atoms with Gasteiger partial charge < -0.3 is 15.0 Å². The van der Waals surface area contributed by atoms with Crippen LogP contribution >= 0.6 is 23.2 Å². The van der Waals surface area contributed by atoms with Gasteiger partial charge in [0, 0.05) is 12.6 Å². The molecule has 0 aliphatic heterocycles. The fourth-order valence-corrected chi connectivity index (χ4v) is 6.81. The highest BCUT2D eigenvalue weighted by Gasteiger charge is 2.34. The minimum Gasteiger partial charge on any atom is -0.497 e. The van der Waals surface area contributed by atoms with Crippen LogP contribution < -0.4 is 14.4 Å². The highest BCUT2D eigenvalue weighted by molar-refractivity contribution is 7.92. The molecular weight excluding hydrogens is 597 g/mol. The molecule has 1 N–H and O–H groups in total. The molecule has 0 heterocycles. The standard InChI is InChI=1S/C31H35Cl2N3O5S/c1-21-11-17-26(18-12-21)42(39,40)36(28-10-6-9-27(32)30(28)33)20-29(37)35(19-23-13-15-25(41-3)16-14-23)22(2)31(38)34-24-7-4-5-8-24/h6,9-18,22,24H,4-5,7-8,19-20H2,1-3H3,(H,34,38)/t22-/m1/s1. The van der Waals surface area contributed by atoms with E-state index >= 15 is 0 Å². The monoisotopic (exact) mass is 631 g/mol. The molecule has 1 saturated carbocycles. The average molecular weight is 633 g/mol. The van der Waals surface area contributed by atoms with Crippen molar-refractivity contribution in [3.63, 3.8) is 0 Å². The molecule has 1 aliphatic rings. The van der Waals surface area contributed by atoms with Crippen LogP contribution in [-0.2, 0) is 26.2 Å². The predicted octanol–water partition coefficient (Wildman–Crippen LogP) is 5.98. The maximum absolute atomic E-state index is 14.1. The number of aryl methyl sites for hydroxylation is 1. The zero-order valence-electron chi connectivity index (χ0n) is 23.8. The van der Waals surface area contributed by atoms with E-state index in [4.69, 9.17) is 27.9 Å². The summed E-state index contributed by atoms with van der Waals surface area (Å²) < 4.78 is 34.2. The molecule has 0 aromatic heterocycles. The summed E-state index contributed by atoms with van der Waals surface area (Å²) in [6, 6.07) is 17.2. The molecule has 2 amide bonds. The topological polar surface area (TPSA) is 96.0 Å². The van der Waals surface area contributed by atoms with E-state index < -0.39 is 28.5 Å². The number of amides is 2. The van der Waals surface area contributed by atoms with Crippen molar-refractivity contribution in [2.45, 2.75) is 63.1 Å². The summed E-state index contributed by atoms with van der Waals surface area (Å²) in [5.74, 6) is -0.223. The Balaban J connectivity index is 1.71.